The first kappa shape index (κ1) is 12.7. The highest BCUT2D eigenvalue weighted by atomic mass is 16.5. The molecule has 0 fully saturated rings. The number of aryl methyl sites for hydroxylation is 1. The highest BCUT2D eigenvalue weighted by Gasteiger charge is 2.12. The Balaban J connectivity index is 2.70. The number of hydrogen-bond donors (Lipinski definition) is 1. The summed E-state index contributed by atoms with van der Waals surface area (Å²) in [7, 11) is 3.03. The number of methoxy groups -OCH3 is 1. The predicted octanol–water partition coefficient (Wildman–Crippen LogP) is 1.64. The average molecular weight is 256 g/mol. The Morgan fingerprint density at radius 1 is 1.37 bits per heavy atom. The van der Waals surface area contributed by atoms with E-state index in [9.17, 15) is 9.90 Å². The number of pyridine rings is 1. The molecule has 5 heteroatoms. The summed E-state index contributed by atoms with van der Waals surface area (Å²) in [5.41, 5.74) is 0.873. The zero-order chi connectivity index (χ0) is 14.0. The van der Waals surface area contributed by atoms with Crippen LogP contribution < -0.4 is 10.3 Å². The Hall–Kier alpha value is -2.74. The van der Waals surface area contributed by atoms with Gasteiger partial charge in [-0.15, -0.1) is 0 Å². The van der Waals surface area contributed by atoms with Crippen molar-refractivity contribution in [3.8, 4) is 28.7 Å². The van der Waals surface area contributed by atoms with Crippen molar-refractivity contribution in [1.29, 1.82) is 5.26 Å². The zero-order valence-corrected chi connectivity index (χ0v) is 10.5. The van der Waals surface area contributed by atoms with Gasteiger partial charge < -0.3 is 14.4 Å². The standard InChI is InChI=1S/C14H12N2O3/c1-16-6-5-10(11(8-15)14(16)18)9-3-4-12(17)13(7-9)19-2/h3-7,17H,1-2H3. The first-order valence-electron chi connectivity index (χ1n) is 5.55. The van der Waals surface area contributed by atoms with E-state index < -0.39 is 0 Å². The SMILES string of the molecule is COc1cc(-c2ccn(C)c(=O)c2C#N)ccc1O. The predicted molar refractivity (Wildman–Crippen MR) is 70.1 cm³/mol. The number of benzene rings is 1. The summed E-state index contributed by atoms with van der Waals surface area (Å²) in [5, 5.41) is 18.7. The van der Waals surface area contributed by atoms with Gasteiger partial charge in [-0.1, -0.05) is 6.07 Å². The Morgan fingerprint density at radius 3 is 2.74 bits per heavy atom. The number of aromatic hydroxyl groups is 1. The van der Waals surface area contributed by atoms with E-state index >= 15 is 0 Å². The second kappa shape index (κ2) is 4.86. The molecule has 1 N–H and O–H groups in total. The third kappa shape index (κ3) is 2.16. The molecule has 0 aliphatic carbocycles. The first-order valence-corrected chi connectivity index (χ1v) is 5.55. The van der Waals surface area contributed by atoms with Crippen LogP contribution in [-0.2, 0) is 7.05 Å². The van der Waals surface area contributed by atoms with Crippen molar-refractivity contribution in [2.75, 3.05) is 7.11 Å². The van der Waals surface area contributed by atoms with E-state index in [2.05, 4.69) is 0 Å². The maximum absolute atomic E-state index is 11.9. The van der Waals surface area contributed by atoms with E-state index in [1.54, 1.807) is 31.4 Å². The molecular formula is C14H12N2O3. The molecule has 19 heavy (non-hydrogen) atoms. The van der Waals surface area contributed by atoms with Gasteiger partial charge in [0.15, 0.2) is 11.5 Å². The van der Waals surface area contributed by atoms with Gasteiger partial charge in [-0.05, 0) is 23.8 Å². The monoisotopic (exact) mass is 256 g/mol. The molecule has 0 amide bonds. The molecule has 0 bridgehead atoms. The van der Waals surface area contributed by atoms with E-state index in [1.807, 2.05) is 6.07 Å². The number of rotatable bonds is 2. The third-order valence-electron chi connectivity index (χ3n) is 2.87. The lowest BCUT2D eigenvalue weighted by atomic mass is 10.0. The van der Waals surface area contributed by atoms with Crippen LogP contribution in [0.15, 0.2) is 35.3 Å². The second-order valence-electron chi connectivity index (χ2n) is 4.02. The summed E-state index contributed by atoms with van der Waals surface area (Å²) in [6.07, 6.45) is 1.60. The molecule has 1 aromatic heterocycles. The molecule has 5 nitrogen and oxygen atoms in total. The molecule has 0 saturated heterocycles. The average Bonchev–Trinajstić information content (AvgIpc) is 2.42. The van der Waals surface area contributed by atoms with Crippen LogP contribution in [-0.4, -0.2) is 16.8 Å². The molecule has 0 radical (unpaired) electrons. The quantitative estimate of drug-likeness (QED) is 0.886. The van der Waals surface area contributed by atoms with Gasteiger partial charge in [-0.25, -0.2) is 0 Å². The first-order chi connectivity index (χ1) is 9.08. The lowest BCUT2D eigenvalue weighted by molar-refractivity contribution is 0.373. The van der Waals surface area contributed by atoms with Crippen LogP contribution in [0.2, 0.25) is 0 Å². The van der Waals surface area contributed by atoms with Crippen molar-refractivity contribution in [3.63, 3.8) is 0 Å². The number of ether oxygens (including phenoxy) is 1. The van der Waals surface area contributed by atoms with Gasteiger partial charge in [0.25, 0.3) is 5.56 Å². The molecule has 0 unspecified atom stereocenters. The van der Waals surface area contributed by atoms with Gasteiger partial charge in [-0.3, -0.25) is 4.79 Å². The summed E-state index contributed by atoms with van der Waals surface area (Å²) in [5.74, 6) is 0.302. The summed E-state index contributed by atoms with van der Waals surface area (Å²) in [6, 6.07) is 8.29. The molecular weight excluding hydrogens is 244 g/mol. The van der Waals surface area contributed by atoms with Crippen molar-refractivity contribution in [3.05, 3.63) is 46.4 Å². The van der Waals surface area contributed by atoms with Gasteiger partial charge in [0.1, 0.15) is 11.6 Å². The molecule has 2 rings (SSSR count). The Labute approximate surface area is 109 Å². The highest BCUT2D eigenvalue weighted by Crippen LogP contribution is 2.31. The summed E-state index contributed by atoms with van der Waals surface area (Å²) < 4.78 is 6.37. The smallest absolute Gasteiger partial charge is 0.268 e. The number of nitrogens with zero attached hydrogens (tertiary/aromatic N) is 2. The highest BCUT2D eigenvalue weighted by molar-refractivity contribution is 5.72. The van der Waals surface area contributed by atoms with Crippen molar-refractivity contribution in [2.45, 2.75) is 0 Å². The van der Waals surface area contributed by atoms with Crippen LogP contribution in [0.4, 0.5) is 0 Å². The largest absolute Gasteiger partial charge is 0.504 e. The molecule has 1 aromatic carbocycles. The van der Waals surface area contributed by atoms with E-state index in [0.717, 1.165) is 0 Å². The minimum atomic E-state index is -0.355. The van der Waals surface area contributed by atoms with E-state index in [-0.39, 0.29) is 16.9 Å². The molecule has 0 aliphatic heterocycles. The van der Waals surface area contributed by atoms with Crippen LogP contribution >= 0.6 is 0 Å². The zero-order valence-electron chi connectivity index (χ0n) is 10.5. The summed E-state index contributed by atoms with van der Waals surface area (Å²) >= 11 is 0. The fourth-order valence-corrected chi connectivity index (χ4v) is 1.82. The fraction of sp³-hybridized carbons (Fsp3) is 0.143. The molecule has 0 aliphatic rings. The van der Waals surface area contributed by atoms with Crippen LogP contribution in [0.1, 0.15) is 5.56 Å². The van der Waals surface area contributed by atoms with Crippen LogP contribution in [0.3, 0.4) is 0 Å². The maximum Gasteiger partial charge on any atom is 0.268 e. The second-order valence-corrected chi connectivity index (χ2v) is 4.02. The lowest BCUT2D eigenvalue weighted by Gasteiger charge is -2.09. The number of hydrogen-bond acceptors (Lipinski definition) is 4. The van der Waals surface area contributed by atoms with Crippen molar-refractivity contribution < 1.29 is 9.84 Å². The molecule has 0 atom stereocenters. The molecule has 2 aromatic rings. The molecule has 0 spiro atoms. The summed E-state index contributed by atoms with van der Waals surface area (Å²) in [4.78, 5) is 11.9. The number of phenols is 1. The van der Waals surface area contributed by atoms with Gasteiger partial charge >= 0.3 is 0 Å². The number of phenolic OH excluding ortho intramolecular Hbond substituents is 1. The van der Waals surface area contributed by atoms with Crippen molar-refractivity contribution in [2.24, 2.45) is 7.05 Å². The Kier molecular flexibility index (Phi) is 3.25. The Morgan fingerprint density at radius 2 is 2.11 bits per heavy atom. The lowest BCUT2D eigenvalue weighted by Crippen LogP contribution is -2.19. The van der Waals surface area contributed by atoms with Gasteiger partial charge in [-0.2, -0.15) is 5.26 Å². The van der Waals surface area contributed by atoms with Crippen LogP contribution in [0.25, 0.3) is 11.1 Å². The maximum atomic E-state index is 11.9. The Bertz CT molecular complexity index is 726. The summed E-state index contributed by atoms with van der Waals surface area (Å²) in [6.45, 7) is 0. The third-order valence-corrected chi connectivity index (χ3v) is 2.87. The van der Waals surface area contributed by atoms with E-state index in [4.69, 9.17) is 10.00 Å². The van der Waals surface area contributed by atoms with E-state index in [1.165, 1.54) is 17.7 Å². The van der Waals surface area contributed by atoms with Crippen LogP contribution in [0, 0.1) is 11.3 Å². The van der Waals surface area contributed by atoms with Crippen molar-refractivity contribution in [1.82, 2.24) is 4.57 Å². The molecule has 96 valence electrons. The van der Waals surface area contributed by atoms with Gasteiger partial charge in [0.05, 0.1) is 7.11 Å². The fourth-order valence-electron chi connectivity index (χ4n) is 1.82. The minimum Gasteiger partial charge on any atom is -0.504 e. The minimum absolute atomic E-state index is 0.00795. The van der Waals surface area contributed by atoms with Gasteiger partial charge in [0, 0.05) is 18.8 Å². The number of aromatic nitrogens is 1. The van der Waals surface area contributed by atoms with Crippen molar-refractivity contribution >= 4 is 0 Å². The normalized spacial score (nSPS) is 9.95. The topological polar surface area (TPSA) is 75.2 Å². The molecule has 0 saturated carbocycles. The van der Waals surface area contributed by atoms with E-state index in [0.29, 0.717) is 16.9 Å². The van der Waals surface area contributed by atoms with Gasteiger partial charge in [0.2, 0.25) is 0 Å². The molecule has 1 heterocycles. The van der Waals surface area contributed by atoms with Crippen LogP contribution in [0.5, 0.6) is 11.5 Å². The number of nitriles is 1.